The van der Waals surface area contributed by atoms with E-state index in [1.54, 1.807) is 0 Å². The van der Waals surface area contributed by atoms with Crippen LogP contribution in [0.5, 0.6) is 0 Å². The average Bonchev–Trinajstić information content (AvgIpc) is 2.43. The van der Waals surface area contributed by atoms with Crippen molar-refractivity contribution in [1.29, 1.82) is 0 Å². The number of nitrogens with zero attached hydrogens (tertiary/aromatic N) is 1. The zero-order chi connectivity index (χ0) is 6.43. The molecule has 0 aromatic heterocycles. The minimum atomic E-state index is -0.736. The first-order valence-corrected chi connectivity index (χ1v) is 3.18. The first kappa shape index (κ1) is 8.19. The molecule has 3 unspecified atom stereocenters. The molecule has 0 aromatic carbocycles. The van der Waals surface area contributed by atoms with Crippen molar-refractivity contribution in [2.45, 2.75) is 12.5 Å². The molecule has 1 radical (unpaired) electrons. The van der Waals surface area contributed by atoms with E-state index in [1.165, 1.54) is 0 Å². The molecule has 10 heavy (non-hydrogen) atoms. The molecule has 3 nitrogen and oxygen atoms in total. The van der Waals surface area contributed by atoms with Gasteiger partial charge in [0.05, 0.1) is 0 Å². The summed E-state index contributed by atoms with van der Waals surface area (Å²) in [4.78, 5) is 10.3. The molecule has 1 saturated heterocycles. The Bertz CT molecular complexity index is 162. The van der Waals surface area contributed by atoms with Gasteiger partial charge in [-0.15, -0.1) is 6.54 Å². The largest absolute Gasteiger partial charge is 0.650 e. The predicted octanol–water partition coefficient (Wildman–Crippen LogP) is 0.460. The minimum absolute atomic E-state index is 0. The number of hydrogen-bond acceptors (Lipinski definition) is 1. The molecule has 2 rings (SSSR count). The number of aliphatic carboxylic acids is 1. The Morgan fingerprint density at radius 1 is 1.60 bits per heavy atom. The van der Waals surface area contributed by atoms with E-state index in [2.05, 4.69) is 5.32 Å². The van der Waals surface area contributed by atoms with Gasteiger partial charge >= 0.3 is 0 Å². The van der Waals surface area contributed by atoms with Gasteiger partial charge in [0.25, 0.3) is 5.97 Å². The molecule has 2 aliphatic rings. The van der Waals surface area contributed by atoms with Gasteiger partial charge in [0, 0.05) is 20.4 Å². The second-order valence-electron chi connectivity index (χ2n) is 2.81. The van der Waals surface area contributed by atoms with Crippen molar-refractivity contribution < 1.29 is 30.3 Å². The molecule has 1 N–H and O–H groups in total. The van der Waals surface area contributed by atoms with Gasteiger partial charge < -0.3 is 10.4 Å². The molecule has 2 fully saturated rings. The fourth-order valence-corrected chi connectivity index (χ4v) is 1.51. The van der Waals surface area contributed by atoms with E-state index in [9.17, 15) is 4.79 Å². The Morgan fingerprint density at radius 3 is 2.50 bits per heavy atom. The fraction of sp³-hybridized carbons (Fsp3) is 0.833. The van der Waals surface area contributed by atoms with E-state index in [0.29, 0.717) is 11.8 Å². The van der Waals surface area contributed by atoms with Crippen molar-refractivity contribution >= 4 is 5.97 Å². The standard InChI is InChI=1S/C6H8NO2.Re/c8-6(9)5-4-1-3(4)2-7-5;/h3-5H,1-2H2,(H,8,9);/q-1;. The van der Waals surface area contributed by atoms with Crippen LogP contribution in [0.3, 0.4) is 0 Å². The summed E-state index contributed by atoms with van der Waals surface area (Å²) in [5.41, 5.74) is 0. The monoisotopic (exact) mass is 313 g/mol. The Morgan fingerprint density at radius 2 is 2.30 bits per heavy atom. The van der Waals surface area contributed by atoms with Crippen molar-refractivity contribution in [3.8, 4) is 0 Å². The summed E-state index contributed by atoms with van der Waals surface area (Å²) in [7, 11) is 0. The SMILES string of the molecule is O=C(O)C1[N-]CC2CC21.[Re]. The summed E-state index contributed by atoms with van der Waals surface area (Å²) in [5.74, 6) is 0.300. The smallest absolute Gasteiger partial charge is 0.285 e. The van der Waals surface area contributed by atoms with Crippen molar-refractivity contribution in [2.75, 3.05) is 6.54 Å². The Labute approximate surface area is 72.8 Å². The molecule has 0 aromatic rings. The summed E-state index contributed by atoms with van der Waals surface area (Å²) >= 11 is 0. The first-order chi connectivity index (χ1) is 4.29. The van der Waals surface area contributed by atoms with Crippen molar-refractivity contribution in [3.05, 3.63) is 5.32 Å². The molecular formula is C6H8NO2Re-. The summed E-state index contributed by atoms with van der Waals surface area (Å²) in [6, 6.07) is -0.352. The first-order valence-electron chi connectivity index (χ1n) is 3.18. The van der Waals surface area contributed by atoms with Crippen LogP contribution in [0.1, 0.15) is 6.42 Å². The second kappa shape index (κ2) is 2.61. The van der Waals surface area contributed by atoms with Gasteiger partial charge in [0.1, 0.15) is 0 Å². The molecule has 1 aliphatic carbocycles. The summed E-state index contributed by atoms with van der Waals surface area (Å²) in [6.45, 7) is 0.793. The van der Waals surface area contributed by atoms with Crippen molar-refractivity contribution in [2.24, 2.45) is 11.8 Å². The van der Waals surface area contributed by atoms with Gasteiger partial charge in [0.15, 0.2) is 0 Å². The van der Waals surface area contributed by atoms with E-state index in [0.717, 1.165) is 13.0 Å². The second-order valence-corrected chi connectivity index (χ2v) is 2.81. The van der Waals surface area contributed by atoms with Crippen LogP contribution in [-0.4, -0.2) is 23.7 Å². The number of hydrogen-bond donors (Lipinski definition) is 1. The van der Waals surface area contributed by atoms with Gasteiger partial charge in [0.2, 0.25) is 0 Å². The van der Waals surface area contributed by atoms with Gasteiger partial charge in [-0.2, -0.15) is 0 Å². The molecule has 0 spiro atoms. The van der Waals surface area contributed by atoms with E-state index in [-0.39, 0.29) is 26.5 Å². The quantitative estimate of drug-likeness (QED) is 0.765. The Balaban J connectivity index is 0.000000500. The van der Waals surface area contributed by atoms with Crippen LogP contribution in [0.2, 0.25) is 0 Å². The van der Waals surface area contributed by atoms with E-state index in [1.807, 2.05) is 0 Å². The Kier molecular flexibility index (Phi) is 2.14. The average molecular weight is 312 g/mol. The molecule has 0 bridgehead atoms. The predicted molar refractivity (Wildman–Crippen MR) is 31.2 cm³/mol. The zero-order valence-electron chi connectivity index (χ0n) is 5.33. The molecule has 4 heteroatoms. The van der Waals surface area contributed by atoms with Crippen LogP contribution in [0, 0.1) is 11.8 Å². The zero-order valence-corrected chi connectivity index (χ0v) is 8.04. The fourth-order valence-electron chi connectivity index (χ4n) is 1.51. The van der Waals surface area contributed by atoms with Crippen LogP contribution in [0.25, 0.3) is 5.32 Å². The van der Waals surface area contributed by atoms with E-state index < -0.39 is 5.97 Å². The van der Waals surface area contributed by atoms with Crippen LogP contribution in [0.15, 0.2) is 0 Å². The molecule has 1 heterocycles. The maximum absolute atomic E-state index is 10.3. The van der Waals surface area contributed by atoms with Gasteiger partial charge in [-0.05, 0) is 18.4 Å². The molecule has 57 valence electrons. The number of carbonyl (C=O) groups is 1. The summed E-state index contributed by atoms with van der Waals surface area (Å²) < 4.78 is 0. The third-order valence-electron chi connectivity index (χ3n) is 2.17. The summed E-state index contributed by atoms with van der Waals surface area (Å²) in [5, 5.41) is 12.5. The molecule has 0 amide bonds. The van der Waals surface area contributed by atoms with Crippen molar-refractivity contribution in [3.63, 3.8) is 0 Å². The van der Waals surface area contributed by atoms with Gasteiger partial charge in [-0.1, -0.05) is 5.92 Å². The van der Waals surface area contributed by atoms with Gasteiger partial charge in [-0.3, -0.25) is 4.79 Å². The number of carboxylic acid groups (broad SMARTS) is 1. The normalized spacial score (nSPS) is 41.8. The van der Waals surface area contributed by atoms with E-state index in [4.69, 9.17) is 5.11 Å². The maximum atomic E-state index is 10.3. The molecule has 1 saturated carbocycles. The van der Waals surface area contributed by atoms with E-state index >= 15 is 0 Å². The van der Waals surface area contributed by atoms with Crippen LogP contribution in [-0.2, 0) is 25.2 Å². The van der Waals surface area contributed by atoms with Crippen LogP contribution in [0.4, 0.5) is 0 Å². The van der Waals surface area contributed by atoms with Crippen LogP contribution < -0.4 is 0 Å². The van der Waals surface area contributed by atoms with Crippen LogP contribution >= 0.6 is 0 Å². The third-order valence-corrected chi connectivity index (χ3v) is 2.17. The molecular weight excluding hydrogens is 304 g/mol. The maximum Gasteiger partial charge on any atom is 0.285 e. The number of piperidine rings is 1. The number of rotatable bonds is 1. The molecule has 3 atom stereocenters. The Hall–Kier alpha value is 0.0923. The van der Waals surface area contributed by atoms with Crippen molar-refractivity contribution in [1.82, 2.24) is 0 Å². The topological polar surface area (TPSA) is 51.4 Å². The van der Waals surface area contributed by atoms with Gasteiger partial charge in [-0.25, -0.2) is 0 Å². The number of carboxylic acids is 1. The summed E-state index contributed by atoms with van der Waals surface area (Å²) in [6.07, 6.45) is 1.10. The minimum Gasteiger partial charge on any atom is -0.650 e. The number of fused-ring (bicyclic) bond motifs is 1. The third kappa shape index (κ3) is 1.12. The molecule has 1 aliphatic heterocycles.